The molecule has 3 aromatic rings. The number of amides is 1. The predicted molar refractivity (Wildman–Crippen MR) is 121 cm³/mol. The molecule has 4 heterocycles. The van der Waals surface area contributed by atoms with Crippen molar-refractivity contribution in [3.05, 3.63) is 36.3 Å². The van der Waals surface area contributed by atoms with Crippen molar-refractivity contribution in [3.8, 4) is 0 Å². The molecule has 0 aliphatic carbocycles. The van der Waals surface area contributed by atoms with E-state index in [1.54, 1.807) is 18.6 Å². The Morgan fingerprint density at radius 1 is 1.29 bits per heavy atom. The van der Waals surface area contributed by atoms with Crippen LogP contribution in [0.2, 0.25) is 0 Å². The molecule has 0 bridgehead atoms. The molecule has 0 unspecified atom stereocenters. The van der Waals surface area contributed by atoms with Gasteiger partial charge >= 0.3 is 0 Å². The van der Waals surface area contributed by atoms with E-state index in [9.17, 15) is 4.79 Å². The Kier molecular flexibility index (Phi) is 6.03. The van der Waals surface area contributed by atoms with Crippen molar-refractivity contribution in [1.29, 1.82) is 0 Å². The normalized spacial score (nSPS) is 15.0. The van der Waals surface area contributed by atoms with Crippen LogP contribution in [0.4, 0.5) is 17.6 Å². The number of carbonyl (C=O) groups excluding carboxylic acids is 1. The molecular weight excluding hydrogens is 394 g/mol. The first-order chi connectivity index (χ1) is 15.0. The van der Waals surface area contributed by atoms with Crippen molar-refractivity contribution in [2.24, 2.45) is 5.73 Å². The zero-order valence-electron chi connectivity index (χ0n) is 18.2. The minimum Gasteiger partial charge on any atom is -0.378 e. The smallest absolute Gasteiger partial charge is 0.250 e. The van der Waals surface area contributed by atoms with Crippen LogP contribution in [0.5, 0.6) is 0 Å². The lowest BCUT2D eigenvalue weighted by Gasteiger charge is -2.31. The monoisotopic (exact) mass is 423 g/mol. The fourth-order valence-electron chi connectivity index (χ4n) is 4.00. The van der Waals surface area contributed by atoms with Gasteiger partial charge in [0.15, 0.2) is 0 Å². The Balaban J connectivity index is 1.55. The molecule has 9 heteroatoms. The number of fused-ring (bicyclic) bond motifs is 1. The summed E-state index contributed by atoms with van der Waals surface area (Å²) in [5, 5.41) is 4.01. The summed E-state index contributed by atoms with van der Waals surface area (Å²) < 4.78 is 7.75. The van der Waals surface area contributed by atoms with Gasteiger partial charge in [-0.25, -0.2) is 9.97 Å². The largest absolute Gasteiger partial charge is 0.378 e. The van der Waals surface area contributed by atoms with Gasteiger partial charge < -0.3 is 25.3 Å². The number of ether oxygens (including phenoxy) is 1. The quantitative estimate of drug-likeness (QED) is 0.600. The topological polar surface area (TPSA) is 111 Å². The van der Waals surface area contributed by atoms with Crippen LogP contribution in [0, 0.1) is 0 Å². The van der Waals surface area contributed by atoms with Gasteiger partial charge in [-0.15, -0.1) is 0 Å². The maximum absolute atomic E-state index is 11.8. The number of pyridine rings is 1. The second-order valence-electron chi connectivity index (χ2n) is 8.00. The van der Waals surface area contributed by atoms with Crippen LogP contribution in [-0.2, 0) is 4.74 Å². The minimum atomic E-state index is -0.458. The summed E-state index contributed by atoms with van der Waals surface area (Å²) in [6.07, 6.45) is 7.48. The second-order valence-corrected chi connectivity index (χ2v) is 8.00. The molecule has 1 fully saturated rings. The van der Waals surface area contributed by atoms with Crippen LogP contribution in [0.3, 0.4) is 0 Å². The summed E-state index contributed by atoms with van der Waals surface area (Å²) in [6.45, 7) is 8.64. The van der Waals surface area contributed by atoms with Crippen LogP contribution in [-0.4, -0.2) is 51.2 Å². The molecule has 0 saturated carbocycles. The maximum Gasteiger partial charge on any atom is 0.250 e. The SMILES string of the molecule is CCOC1CCN(c2nccc(Nc3cc4c(cn3)c(C(N)=O)cn4C(C)C)n2)CC1. The van der Waals surface area contributed by atoms with Crippen LogP contribution >= 0.6 is 0 Å². The van der Waals surface area contributed by atoms with E-state index in [4.69, 9.17) is 10.5 Å². The molecule has 0 atom stereocenters. The van der Waals surface area contributed by atoms with Crippen molar-refractivity contribution < 1.29 is 9.53 Å². The van der Waals surface area contributed by atoms with Gasteiger partial charge in [-0.3, -0.25) is 4.79 Å². The molecule has 9 nitrogen and oxygen atoms in total. The molecule has 3 aromatic heterocycles. The number of nitrogens with zero attached hydrogens (tertiary/aromatic N) is 5. The zero-order chi connectivity index (χ0) is 22.0. The van der Waals surface area contributed by atoms with Gasteiger partial charge in [0.25, 0.3) is 5.91 Å². The van der Waals surface area contributed by atoms with E-state index in [1.165, 1.54) is 0 Å². The highest BCUT2D eigenvalue weighted by Crippen LogP contribution is 2.27. The maximum atomic E-state index is 11.8. The fourth-order valence-corrected chi connectivity index (χ4v) is 4.00. The summed E-state index contributed by atoms with van der Waals surface area (Å²) in [6, 6.07) is 3.91. The minimum absolute atomic E-state index is 0.177. The van der Waals surface area contributed by atoms with Gasteiger partial charge in [0.2, 0.25) is 5.95 Å². The van der Waals surface area contributed by atoms with E-state index in [1.807, 2.05) is 23.6 Å². The molecule has 1 amide bonds. The Morgan fingerprint density at radius 2 is 2.06 bits per heavy atom. The Labute approximate surface area is 181 Å². The number of anilines is 3. The number of primary amides is 1. The van der Waals surface area contributed by atoms with E-state index in [-0.39, 0.29) is 6.04 Å². The third-order valence-electron chi connectivity index (χ3n) is 5.57. The molecule has 3 N–H and O–H groups in total. The molecule has 0 aromatic carbocycles. The third-order valence-corrected chi connectivity index (χ3v) is 5.57. The molecule has 164 valence electrons. The van der Waals surface area contributed by atoms with Crippen molar-refractivity contribution in [2.45, 2.75) is 45.8 Å². The molecule has 1 aliphatic heterocycles. The number of rotatable bonds is 7. The summed E-state index contributed by atoms with van der Waals surface area (Å²) in [7, 11) is 0. The number of nitrogens with one attached hydrogen (secondary N) is 1. The van der Waals surface area contributed by atoms with E-state index in [2.05, 4.69) is 39.0 Å². The highest BCUT2D eigenvalue weighted by molar-refractivity contribution is 6.06. The summed E-state index contributed by atoms with van der Waals surface area (Å²) in [4.78, 5) is 27.6. The molecule has 0 radical (unpaired) electrons. The lowest BCUT2D eigenvalue weighted by Crippen LogP contribution is -2.38. The number of piperidine rings is 1. The van der Waals surface area contributed by atoms with Gasteiger partial charge in [-0.1, -0.05) is 0 Å². The average Bonchev–Trinajstić information content (AvgIpc) is 3.14. The third kappa shape index (κ3) is 4.46. The van der Waals surface area contributed by atoms with Gasteiger partial charge in [0, 0.05) is 55.8 Å². The van der Waals surface area contributed by atoms with E-state index < -0.39 is 5.91 Å². The number of nitrogens with two attached hydrogens (primary N) is 1. The number of hydrogen-bond donors (Lipinski definition) is 2. The van der Waals surface area contributed by atoms with Gasteiger partial charge in [-0.2, -0.15) is 4.98 Å². The molecule has 4 rings (SSSR count). The summed E-state index contributed by atoms with van der Waals surface area (Å²) in [5.74, 6) is 1.55. The molecular formula is C22H29N7O2. The second kappa shape index (κ2) is 8.89. The molecule has 31 heavy (non-hydrogen) atoms. The molecule has 1 saturated heterocycles. The van der Waals surface area contributed by atoms with Crippen LogP contribution in [0.15, 0.2) is 30.7 Å². The van der Waals surface area contributed by atoms with Crippen molar-refractivity contribution >= 4 is 34.4 Å². The van der Waals surface area contributed by atoms with E-state index in [0.717, 1.165) is 43.4 Å². The van der Waals surface area contributed by atoms with Crippen molar-refractivity contribution in [1.82, 2.24) is 19.5 Å². The standard InChI is InChI=1S/C22H29N7O2/c1-4-31-15-6-9-28(10-7-15)22-24-8-5-19(27-22)26-20-11-18-16(12-25-20)17(21(23)30)13-29(18)14(2)3/h5,8,11-15H,4,6-7,9-10H2,1-3H3,(H2,23,30)(H,24,25,26,27). The average molecular weight is 424 g/mol. The highest BCUT2D eigenvalue weighted by Gasteiger charge is 2.21. The number of aromatic nitrogens is 4. The van der Waals surface area contributed by atoms with E-state index in [0.29, 0.717) is 29.3 Å². The number of hydrogen-bond acceptors (Lipinski definition) is 7. The van der Waals surface area contributed by atoms with Gasteiger partial charge in [0.1, 0.15) is 11.6 Å². The van der Waals surface area contributed by atoms with Crippen LogP contribution < -0.4 is 16.0 Å². The van der Waals surface area contributed by atoms with Crippen LogP contribution in [0.1, 0.15) is 50.0 Å². The molecule has 1 aliphatic rings. The first-order valence-corrected chi connectivity index (χ1v) is 10.7. The summed E-state index contributed by atoms with van der Waals surface area (Å²) in [5.41, 5.74) is 6.91. The Hall–Kier alpha value is -3.20. The summed E-state index contributed by atoms with van der Waals surface area (Å²) >= 11 is 0. The zero-order valence-corrected chi connectivity index (χ0v) is 18.2. The van der Waals surface area contributed by atoms with Crippen molar-refractivity contribution in [2.75, 3.05) is 29.9 Å². The fraction of sp³-hybridized carbons (Fsp3) is 0.455. The lowest BCUT2D eigenvalue weighted by atomic mass is 10.1. The van der Waals surface area contributed by atoms with Crippen molar-refractivity contribution in [3.63, 3.8) is 0 Å². The molecule has 0 spiro atoms. The Bertz CT molecular complexity index is 1070. The lowest BCUT2D eigenvalue weighted by molar-refractivity contribution is 0.0457. The van der Waals surface area contributed by atoms with Crippen LogP contribution in [0.25, 0.3) is 10.9 Å². The first-order valence-electron chi connectivity index (χ1n) is 10.7. The first kappa shape index (κ1) is 21.0. The number of carbonyl (C=O) groups is 1. The van der Waals surface area contributed by atoms with Gasteiger partial charge in [0.05, 0.1) is 17.2 Å². The Morgan fingerprint density at radius 3 is 2.74 bits per heavy atom. The highest BCUT2D eigenvalue weighted by atomic mass is 16.5. The predicted octanol–water partition coefficient (Wildman–Crippen LogP) is 3.26. The van der Waals surface area contributed by atoms with E-state index >= 15 is 0 Å². The van der Waals surface area contributed by atoms with Gasteiger partial charge in [-0.05, 0) is 39.7 Å².